The second-order valence-electron chi connectivity index (χ2n) is 5.82. The predicted molar refractivity (Wildman–Crippen MR) is 82.8 cm³/mol. The lowest BCUT2D eigenvalue weighted by Gasteiger charge is -2.22. The van der Waals surface area contributed by atoms with E-state index in [4.69, 9.17) is 0 Å². The Bertz CT molecular complexity index is 422. The fourth-order valence-electron chi connectivity index (χ4n) is 1.68. The number of anilines is 1. The third kappa shape index (κ3) is 5.57. The van der Waals surface area contributed by atoms with E-state index >= 15 is 0 Å². The first kappa shape index (κ1) is 16.4. The van der Waals surface area contributed by atoms with E-state index in [-0.39, 0.29) is 11.4 Å². The van der Waals surface area contributed by atoms with E-state index in [9.17, 15) is 4.79 Å². The van der Waals surface area contributed by atoms with Gasteiger partial charge >= 0.3 is 0 Å². The molecule has 1 aromatic heterocycles. The van der Waals surface area contributed by atoms with Crippen LogP contribution < -0.4 is 15.5 Å². The van der Waals surface area contributed by atoms with Crippen molar-refractivity contribution in [2.75, 3.05) is 25.0 Å². The van der Waals surface area contributed by atoms with Gasteiger partial charge in [-0.15, -0.1) is 0 Å². The van der Waals surface area contributed by atoms with Crippen LogP contribution in [-0.4, -0.2) is 36.6 Å². The fraction of sp³-hybridized carbons (Fsp3) is 0.600. The van der Waals surface area contributed by atoms with Crippen LogP contribution in [0.2, 0.25) is 0 Å². The third-order valence-electron chi connectivity index (χ3n) is 2.95. The summed E-state index contributed by atoms with van der Waals surface area (Å²) in [7, 11) is 1.64. The number of hydrogen-bond acceptors (Lipinski definition) is 4. The van der Waals surface area contributed by atoms with Crippen molar-refractivity contribution >= 4 is 11.7 Å². The van der Waals surface area contributed by atoms with E-state index in [0.29, 0.717) is 6.54 Å². The number of hydrogen-bond donors (Lipinski definition) is 2. The highest BCUT2D eigenvalue weighted by atomic mass is 16.1. The lowest BCUT2D eigenvalue weighted by Crippen LogP contribution is -2.36. The van der Waals surface area contributed by atoms with Gasteiger partial charge < -0.3 is 15.5 Å². The number of nitrogens with one attached hydrogen (secondary N) is 2. The molecule has 0 aliphatic rings. The maximum atomic E-state index is 11.4. The number of aromatic nitrogens is 1. The Hall–Kier alpha value is -1.62. The first-order valence-corrected chi connectivity index (χ1v) is 7.01. The van der Waals surface area contributed by atoms with Crippen molar-refractivity contribution in [2.45, 2.75) is 39.8 Å². The molecule has 2 N–H and O–H groups in total. The SMILES string of the molecule is CCN(CC(=O)NC)c1ccc(CNC(C)(C)C)cn1. The molecule has 1 aromatic rings. The van der Waals surface area contributed by atoms with Gasteiger partial charge in [-0.25, -0.2) is 4.98 Å². The van der Waals surface area contributed by atoms with E-state index in [1.165, 1.54) is 0 Å². The molecule has 0 saturated heterocycles. The summed E-state index contributed by atoms with van der Waals surface area (Å²) < 4.78 is 0. The van der Waals surface area contributed by atoms with Crippen LogP contribution in [0.3, 0.4) is 0 Å². The summed E-state index contributed by atoms with van der Waals surface area (Å²) in [6, 6.07) is 4.01. The summed E-state index contributed by atoms with van der Waals surface area (Å²) >= 11 is 0. The zero-order valence-electron chi connectivity index (χ0n) is 13.2. The lowest BCUT2D eigenvalue weighted by molar-refractivity contribution is -0.119. The molecule has 0 bridgehead atoms. The Kier molecular flexibility index (Phi) is 5.95. The Morgan fingerprint density at radius 1 is 1.35 bits per heavy atom. The minimum Gasteiger partial charge on any atom is -0.358 e. The van der Waals surface area contributed by atoms with Gasteiger partial charge in [-0.1, -0.05) is 6.07 Å². The van der Waals surface area contributed by atoms with Crippen LogP contribution in [0.4, 0.5) is 5.82 Å². The molecule has 5 heteroatoms. The number of carbonyl (C=O) groups is 1. The predicted octanol–water partition coefficient (Wildman–Crippen LogP) is 1.54. The Morgan fingerprint density at radius 3 is 2.50 bits per heavy atom. The van der Waals surface area contributed by atoms with Gasteiger partial charge in [0.15, 0.2) is 0 Å². The molecule has 0 aliphatic carbocycles. The average molecular weight is 278 g/mol. The minimum atomic E-state index is -0.00729. The standard InChI is InChI=1S/C15H26N4O/c1-6-19(11-14(20)16-5)13-8-7-12(9-17-13)10-18-15(2,3)4/h7-9,18H,6,10-11H2,1-5H3,(H,16,20). The van der Waals surface area contributed by atoms with Crippen molar-refractivity contribution in [2.24, 2.45) is 0 Å². The quantitative estimate of drug-likeness (QED) is 0.829. The second kappa shape index (κ2) is 7.24. The van der Waals surface area contributed by atoms with Crippen molar-refractivity contribution in [1.29, 1.82) is 0 Å². The number of amides is 1. The second-order valence-corrected chi connectivity index (χ2v) is 5.82. The highest BCUT2D eigenvalue weighted by Crippen LogP contribution is 2.11. The van der Waals surface area contributed by atoms with Gasteiger partial charge in [0.2, 0.25) is 5.91 Å². The van der Waals surface area contributed by atoms with E-state index in [1.54, 1.807) is 7.05 Å². The van der Waals surface area contributed by atoms with Gasteiger partial charge in [-0.3, -0.25) is 4.79 Å². The summed E-state index contributed by atoms with van der Waals surface area (Å²) in [6.07, 6.45) is 1.86. The zero-order valence-corrected chi connectivity index (χ0v) is 13.2. The summed E-state index contributed by atoms with van der Waals surface area (Å²) in [5, 5.41) is 6.05. The van der Waals surface area contributed by atoms with E-state index in [1.807, 2.05) is 30.2 Å². The molecule has 0 aromatic carbocycles. The van der Waals surface area contributed by atoms with E-state index < -0.39 is 0 Å². The van der Waals surface area contributed by atoms with Crippen molar-refractivity contribution in [3.63, 3.8) is 0 Å². The molecular weight excluding hydrogens is 252 g/mol. The van der Waals surface area contributed by atoms with Gasteiger partial charge in [0.05, 0.1) is 6.54 Å². The molecule has 1 heterocycles. The van der Waals surface area contributed by atoms with Crippen LogP contribution in [0, 0.1) is 0 Å². The molecule has 0 radical (unpaired) electrons. The van der Waals surface area contributed by atoms with E-state index in [2.05, 4.69) is 36.4 Å². The summed E-state index contributed by atoms with van der Waals surface area (Å²) in [4.78, 5) is 17.8. The highest BCUT2D eigenvalue weighted by molar-refractivity contribution is 5.80. The molecule has 1 rings (SSSR count). The number of rotatable bonds is 6. The van der Waals surface area contributed by atoms with Crippen LogP contribution in [0.5, 0.6) is 0 Å². The zero-order chi connectivity index (χ0) is 15.2. The molecule has 0 aliphatic heterocycles. The Morgan fingerprint density at radius 2 is 2.05 bits per heavy atom. The molecule has 20 heavy (non-hydrogen) atoms. The third-order valence-corrected chi connectivity index (χ3v) is 2.95. The topological polar surface area (TPSA) is 57.3 Å². The molecule has 0 fully saturated rings. The van der Waals surface area contributed by atoms with Crippen LogP contribution in [0.25, 0.3) is 0 Å². The number of likely N-dealkylation sites (N-methyl/N-ethyl adjacent to an activating group) is 2. The Labute approximate surface area is 121 Å². The first-order chi connectivity index (χ1) is 9.35. The maximum Gasteiger partial charge on any atom is 0.239 e. The summed E-state index contributed by atoms with van der Waals surface area (Å²) in [5.41, 5.74) is 1.23. The fourth-order valence-corrected chi connectivity index (χ4v) is 1.68. The van der Waals surface area contributed by atoms with Crippen molar-refractivity contribution in [3.8, 4) is 0 Å². The molecule has 1 amide bonds. The molecule has 112 valence electrons. The monoisotopic (exact) mass is 278 g/mol. The van der Waals surface area contributed by atoms with E-state index in [0.717, 1.165) is 24.5 Å². The largest absolute Gasteiger partial charge is 0.358 e. The van der Waals surface area contributed by atoms with Gasteiger partial charge in [0, 0.05) is 31.9 Å². The van der Waals surface area contributed by atoms with Crippen molar-refractivity contribution in [3.05, 3.63) is 23.9 Å². The summed E-state index contributed by atoms with van der Waals surface area (Å²) in [6.45, 7) is 10.3. The normalized spacial score (nSPS) is 11.2. The van der Waals surface area contributed by atoms with Crippen LogP contribution in [0.1, 0.15) is 33.3 Å². The van der Waals surface area contributed by atoms with Crippen LogP contribution >= 0.6 is 0 Å². The number of nitrogens with zero attached hydrogens (tertiary/aromatic N) is 2. The number of pyridine rings is 1. The van der Waals surface area contributed by atoms with Crippen LogP contribution in [-0.2, 0) is 11.3 Å². The van der Waals surface area contributed by atoms with Gasteiger partial charge in [-0.05, 0) is 39.3 Å². The van der Waals surface area contributed by atoms with Gasteiger partial charge in [-0.2, -0.15) is 0 Å². The van der Waals surface area contributed by atoms with Crippen molar-refractivity contribution < 1.29 is 4.79 Å². The summed E-state index contributed by atoms with van der Waals surface area (Å²) in [5.74, 6) is 0.822. The highest BCUT2D eigenvalue weighted by Gasteiger charge is 2.11. The molecule has 0 atom stereocenters. The molecule has 5 nitrogen and oxygen atoms in total. The minimum absolute atomic E-state index is 0.00729. The molecule has 0 spiro atoms. The maximum absolute atomic E-state index is 11.4. The smallest absolute Gasteiger partial charge is 0.239 e. The molecular formula is C15H26N4O. The van der Waals surface area contributed by atoms with Crippen LogP contribution in [0.15, 0.2) is 18.3 Å². The van der Waals surface area contributed by atoms with Crippen molar-refractivity contribution in [1.82, 2.24) is 15.6 Å². The van der Waals surface area contributed by atoms with Gasteiger partial charge in [0.25, 0.3) is 0 Å². The first-order valence-electron chi connectivity index (χ1n) is 7.01. The number of carbonyl (C=O) groups excluding carboxylic acids is 1. The average Bonchev–Trinajstić information content (AvgIpc) is 2.42. The molecule has 0 unspecified atom stereocenters. The molecule has 0 saturated carbocycles. The van der Waals surface area contributed by atoms with Gasteiger partial charge in [0.1, 0.15) is 5.82 Å². The lowest BCUT2D eigenvalue weighted by atomic mass is 10.1. The Balaban J connectivity index is 2.66.